The summed E-state index contributed by atoms with van der Waals surface area (Å²) in [7, 11) is 1.62. The Morgan fingerprint density at radius 3 is 2.57 bits per heavy atom. The van der Waals surface area contributed by atoms with E-state index in [9.17, 15) is 4.39 Å². The summed E-state index contributed by atoms with van der Waals surface area (Å²) in [6, 6.07) is 12.1. The maximum Gasteiger partial charge on any atom is 0.166 e. The number of hydrogen-bond donors (Lipinski definition) is 1. The molecule has 3 nitrogen and oxygen atoms in total. The van der Waals surface area contributed by atoms with Gasteiger partial charge in [-0.25, -0.2) is 4.39 Å². The highest BCUT2D eigenvalue weighted by Crippen LogP contribution is 2.32. The first kappa shape index (κ1) is 15.2. The molecule has 4 heteroatoms. The van der Waals surface area contributed by atoms with Crippen molar-refractivity contribution in [2.45, 2.75) is 26.5 Å². The first-order valence-corrected chi connectivity index (χ1v) is 6.92. The number of rotatable bonds is 6. The predicted octanol–water partition coefficient (Wildman–Crippen LogP) is 4.23. The minimum absolute atomic E-state index is 0.0502. The minimum Gasteiger partial charge on any atom is -0.493 e. The molecule has 0 aromatic heterocycles. The van der Waals surface area contributed by atoms with Crippen molar-refractivity contribution in [1.29, 1.82) is 0 Å². The van der Waals surface area contributed by atoms with Crippen molar-refractivity contribution < 1.29 is 13.9 Å². The molecule has 0 spiro atoms. The Morgan fingerprint density at radius 1 is 1.14 bits per heavy atom. The van der Waals surface area contributed by atoms with Gasteiger partial charge in [0.05, 0.1) is 13.2 Å². The molecule has 0 bridgehead atoms. The Labute approximate surface area is 124 Å². The lowest BCUT2D eigenvalue weighted by Gasteiger charge is -2.18. The van der Waals surface area contributed by atoms with Crippen LogP contribution in [0.4, 0.5) is 10.1 Å². The number of hydrogen-bond acceptors (Lipinski definition) is 3. The van der Waals surface area contributed by atoms with Crippen molar-refractivity contribution in [2.75, 3.05) is 12.4 Å². The van der Waals surface area contributed by atoms with Gasteiger partial charge in [0.2, 0.25) is 0 Å². The van der Waals surface area contributed by atoms with Gasteiger partial charge >= 0.3 is 0 Å². The van der Waals surface area contributed by atoms with Crippen molar-refractivity contribution in [3.05, 3.63) is 53.8 Å². The second-order valence-electron chi connectivity index (χ2n) is 4.98. The molecule has 2 rings (SSSR count). The third-order valence-electron chi connectivity index (χ3n) is 2.94. The SMILES string of the molecule is COc1cccc(CNc2cccc(F)c2)c1OC(C)C. The quantitative estimate of drug-likeness (QED) is 0.863. The zero-order chi connectivity index (χ0) is 15.2. The molecular weight excluding hydrogens is 269 g/mol. The molecule has 112 valence electrons. The van der Waals surface area contributed by atoms with E-state index in [0.29, 0.717) is 12.3 Å². The van der Waals surface area contributed by atoms with Crippen LogP contribution in [-0.4, -0.2) is 13.2 Å². The first-order chi connectivity index (χ1) is 10.1. The molecule has 0 saturated heterocycles. The summed E-state index contributed by atoms with van der Waals surface area (Å²) in [5, 5.41) is 3.19. The minimum atomic E-state index is -0.260. The molecule has 0 amide bonds. The van der Waals surface area contributed by atoms with Gasteiger partial charge in [0, 0.05) is 17.8 Å². The van der Waals surface area contributed by atoms with Crippen LogP contribution in [0.3, 0.4) is 0 Å². The summed E-state index contributed by atoms with van der Waals surface area (Å²) in [4.78, 5) is 0. The topological polar surface area (TPSA) is 30.5 Å². The molecule has 0 radical (unpaired) electrons. The lowest BCUT2D eigenvalue weighted by atomic mass is 10.1. The Kier molecular flexibility index (Phi) is 5.04. The second-order valence-corrected chi connectivity index (χ2v) is 4.98. The van der Waals surface area contributed by atoms with Crippen LogP contribution >= 0.6 is 0 Å². The molecule has 0 aliphatic carbocycles. The standard InChI is InChI=1S/C17H20FNO2/c1-12(2)21-17-13(6-4-9-16(17)20-3)11-19-15-8-5-7-14(18)10-15/h4-10,12,19H,11H2,1-3H3. The van der Waals surface area contributed by atoms with Crippen LogP contribution in [0.25, 0.3) is 0 Å². The van der Waals surface area contributed by atoms with E-state index in [2.05, 4.69) is 5.32 Å². The van der Waals surface area contributed by atoms with Gasteiger partial charge in [0.15, 0.2) is 11.5 Å². The highest BCUT2D eigenvalue weighted by atomic mass is 19.1. The van der Waals surface area contributed by atoms with E-state index in [0.717, 1.165) is 17.0 Å². The van der Waals surface area contributed by atoms with Crippen LogP contribution < -0.4 is 14.8 Å². The summed E-state index contributed by atoms with van der Waals surface area (Å²) < 4.78 is 24.4. The molecule has 21 heavy (non-hydrogen) atoms. The molecular formula is C17H20FNO2. The van der Waals surface area contributed by atoms with Crippen molar-refractivity contribution in [3.8, 4) is 11.5 Å². The molecule has 0 aliphatic rings. The molecule has 0 saturated carbocycles. The maximum absolute atomic E-state index is 13.2. The summed E-state index contributed by atoms with van der Waals surface area (Å²) in [6.45, 7) is 4.47. The average molecular weight is 289 g/mol. The summed E-state index contributed by atoms with van der Waals surface area (Å²) in [5.41, 5.74) is 1.70. The zero-order valence-electron chi connectivity index (χ0n) is 12.5. The van der Waals surface area contributed by atoms with Gasteiger partial charge in [-0.3, -0.25) is 0 Å². The number of nitrogens with one attached hydrogen (secondary N) is 1. The van der Waals surface area contributed by atoms with Crippen LogP contribution in [0, 0.1) is 5.82 Å². The van der Waals surface area contributed by atoms with E-state index in [1.807, 2.05) is 38.1 Å². The van der Waals surface area contributed by atoms with Crippen molar-refractivity contribution in [3.63, 3.8) is 0 Å². The number of benzene rings is 2. The number of ether oxygens (including phenoxy) is 2. The molecule has 0 aliphatic heterocycles. The van der Waals surface area contributed by atoms with Gasteiger partial charge in [0.25, 0.3) is 0 Å². The summed E-state index contributed by atoms with van der Waals surface area (Å²) in [5.74, 6) is 1.16. The van der Waals surface area contributed by atoms with Crippen LogP contribution in [0.2, 0.25) is 0 Å². The fourth-order valence-electron chi connectivity index (χ4n) is 2.03. The molecule has 2 aromatic carbocycles. The highest BCUT2D eigenvalue weighted by molar-refractivity contribution is 5.50. The van der Waals surface area contributed by atoms with Crippen LogP contribution in [-0.2, 0) is 6.54 Å². The molecule has 2 aromatic rings. The number of methoxy groups -OCH3 is 1. The Balaban J connectivity index is 2.19. The van der Waals surface area contributed by atoms with Gasteiger partial charge in [-0.15, -0.1) is 0 Å². The van der Waals surface area contributed by atoms with Gasteiger partial charge in [0.1, 0.15) is 5.82 Å². The Bertz CT molecular complexity index is 599. The van der Waals surface area contributed by atoms with E-state index in [-0.39, 0.29) is 11.9 Å². The van der Waals surface area contributed by atoms with Crippen LogP contribution in [0.5, 0.6) is 11.5 Å². The second kappa shape index (κ2) is 6.97. The largest absolute Gasteiger partial charge is 0.493 e. The van der Waals surface area contributed by atoms with Gasteiger partial charge in [-0.1, -0.05) is 18.2 Å². The zero-order valence-corrected chi connectivity index (χ0v) is 12.5. The van der Waals surface area contributed by atoms with Crippen LogP contribution in [0.1, 0.15) is 19.4 Å². The lowest BCUT2D eigenvalue weighted by Crippen LogP contribution is -2.10. The third-order valence-corrected chi connectivity index (χ3v) is 2.94. The average Bonchev–Trinajstić information content (AvgIpc) is 2.45. The molecule has 0 heterocycles. The third kappa shape index (κ3) is 4.12. The van der Waals surface area contributed by atoms with E-state index in [1.165, 1.54) is 12.1 Å². The fraction of sp³-hybridized carbons (Fsp3) is 0.294. The normalized spacial score (nSPS) is 10.5. The van der Waals surface area contributed by atoms with Crippen molar-refractivity contribution >= 4 is 5.69 Å². The lowest BCUT2D eigenvalue weighted by molar-refractivity contribution is 0.228. The van der Waals surface area contributed by atoms with E-state index in [4.69, 9.17) is 9.47 Å². The summed E-state index contributed by atoms with van der Waals surface area (Å²) >= 11 is 0. The number of anilines is 1. The molecule has 0 unspecified atom stereocenters. The van der Waals surface area contributed by atoms with Crippen LogP contribution in [0.15, 0.2) is 42.5 Å². The first-order valence-electron chi connectivity index (χ1n) is 6.92. The van der Waals surface area contributed by atoms with Crippen molar-refractivity contribution in [1.82, 2.24) is 0 Å². The highest BCUT2D eigenvalue weighted by Gasteiger charge is 2.12. The maximum atomic E-state index is 13.2. The summed E-state index contributed by atoms with van der Waals surface area (Å²) in [6.07, 6.45) is 0.0502. The molecule has 0 atom stereocenters. The predicted molar refractivity (Wildman–Crippen MR) is 82.5 cm³/mol. The van der Waals surface area contributed by atoms with E-state index >= 15 is 0 Å². The van der Waals surface area contributed by atoms with Crippen molar-refractivity contribution in [2.24, 2.45) is 0 Å². The molecule has 1 N–H and O–H groups in total. The number of halogens is 1. The number of para-hydroxylation sites is 1. The fourth-order valence-corrected chi connectivity index (χ4v) is 2.03. The monoisotopic (exact) mass is 289 g/mol. The van der Waals surface area contributed by atoms with Gasteiger partial charge in [-0.05, 0) is 38.1 Å². The van der Waals surface area contributed by atoms with Gasteiger partial charge < -0.3 is 14.8 Å². The Hall–Kier alpha value is -2.23. The van der Waals surface area contributed by atoms with E-state index < -0.39 is 0 Å². The Morgan fingerprint density at radius 2 is 1.90 bits per heavy atom. The van der Waals surface area contributed by atoms with Gasteiger partial charge in [-0.2, -0.15) is 0 Å². The van der Waals surface area contributed by atoms with E-state index in [1.54, 1.807) is 13.2 Å². The molecule has 0 fully saturated rings. The smallest absolute Gasteiger partial charge is 0.166 e.